The van der Waals surface area contributed by atoms with Gasteiger partial charge in [0.2, 0.25) is 5.89 Å². The van der Waals surface area contributed by atoms with Crippen molar-refractivity contribution in [2.24, 2.45) is 5.92 Å². The number of hydrogen-bond acceptors (Lipinski definition) is 8. The lowest BCUT2D eigenvalue weighted by atomic mass is 9.99. The molecule has 0 N–H and O–H groups in total. The maximum atomic E-state index is 12.0. The van der Waals surface area contributed by atoms with Gasteiger partial charge in [-0.2, -0.15) is 0 Å². The average molecular weight is 392 g/mol. The van der Waals surface area contributed by atoms with Crippen molar-refractivity contribution in [3.05, 3.63) is 39.2 Å². The van der Waals surface area contributed by atoms with E-state index in [4.69, 9.17) is 21.4 Å². The smallest absolute Gasteiger partial charge is 0.310 e. The van der Waals surface area contributed by atoms with Crippen molar-refractivity contribution < 1.29 is 18.9 Å². The molecule has 2 aromatic rings. The molecule has 3 rings (SSSR count). The summed E-state index contributed by atoms with van der Waals surface area (Å²) in [6, 6.07) is 6.04. The van der Waals surface area contributed by atoms with Gasteiger partial charge in [0.25, 0.3) is 10.5 Å². The van der Waals surface area contributed by atoms with Crippen LogP contribution in [0.5, 0.6) is 0 Å². The Morgan fingerprint density at radius 3 is 3.07 bits per heavy atom. The van der Waals surface area contributed by atoms with Crippen molar-refractivity contribution in [2.45, 2.75) is 26.4 Å². The van der Waals surface area contributed by atoms with Crippen molar-refractivity contribution in [3.63, 3.8) is 0 Å². The predicted molar refractivity (Wildman–Crippen MR) is 98.3 cm³/mol. The van der Waals surface area contributed by atoms with E-state index < -0.39 is 4.92 Å². The minimum atomic E-state index is -0.474. The van der Waals surface area contributed by atoms with E-state index in [1.807, 2.05) is 0 Å². The molecule has 10 heteroatoms. The molecule has 1 fully saturated rings. The number of nitro benzene ring substituents is 1. The summed E-state index contributed by atoms with van der Waals surface area (Å²) < 4.78 is 12.2. The Morgan fingerprint density at radius 2 is 2.33 bits per heavy atom. The number of ether oxygens (including phenoxy) is 1. The highest BCUT2D eigenvalue weighted by molar-refractivity contribution is 7.71. The lowest BCUT2D eigenvalue weighted by Crippen LogP contribution is -2.40. The second kappa shape index (κ2) is 8.40. The van der Waals surface area contributed by atoms with Crippen molar-refractivity contribution in [3.8, 4) is 11.5 Å². The number of likely N-dealkylation sites (tertiary alicyclic amines) is 1. The van der Waals surface area contributed by atoms with Gasteiger partial charge >= 0.3 is 5.97 Å². The number of carbonyl (C=O) groups excluding carboxylic acids is 1. The zero-order chi connectivity index (χ0) is 19.4. The summed E-state index contributed by atoms with van der Waals surface area (Å²) in [6.07, 6.45) is 1.69. The van der Waals surface area contributed by atoms with E-state index in [9.17, 15) is 14.9 Å². The topological polar surface area (TPSA) is 104 Å². The SMILES string of the molecule is CCOC(=O)[C@H]1CCCN(Cn2nc(-c3cccc([N+](=O)[O-])c3)oc2=S)C1. The summed E-state index contributed by atoms with van der Waals surface area (Å²) >= 11 is 5.23. The zero-order valence-corrected chi connectivity index (χ0v) is 15.7. The Kier molecular flexibility index (Phi) is 5.97. The Labute approximate surface area is 160 Å². The van der Waals surface area contributed by atoms with Crippen molar-refractivity contribution in [2.75, 3.05) is 19.7 Å². The highest BCUT2D eigenvalue weighted by Crippen LogP contribution is 2.23. The lowest BCUT2D eigenvalue weighted by molar-refractivity contribution is -0.384. The molecule has 1 aliphatic heterocycles. The van der Waals surface area contributed by atoms with E-state index in [0.29, 0.717) is 25.4 Å². The Balaban J connectivity index is 1.73. The van der Waals surface area contributed by atoms with Crippen LogP contribution in [0.3, 0.4) is 0 Å². The first kappa shape index (κ1) is 19.2. The van der Waals surface area contributed by atoms with Gasteiger partial charge in [-0.15, -0.1) is 5.10 Å². The van der Waals surface area contributed by atoms with E-state index in [0.717, 1.165) is 19.4 Å². The molecule has 0 spiro atoms. The summed E-state index contributed by atoms with van der Waals surface area (Å²) in [5.41, 5.74) is 0.438. The molecule has 0 radical (unpaired) electrons. The van der Waals surface area contributed by atoms with Crippen LogP contribution in [0.2, 0.25) is 0 Å². The van der Waals surface area contributed by atoms with Crippen LogP contribution in [0.15, 0.2) is 28.7 Å². The number of piperidine rings is 1. The summed E-state index contributed by atoms with van der Waals surface area (Å²) in [7, 11) is 0. The van der Waals surface area contributed by atoms with Crippen LogP contribution in [0.25, 0.3) is 11.5 Å². The number of carbonyl (C=O) groups is 1. The third-order valence-electron chi connectivity index (χ3n) is 4.37. The number of aromatic nitrogens is 2. The largest absolute Gasteiger partial charge is 0.466 e. The van der Waals surface area contributed by atoms with Crippen LogP contribution in [-0.2, 0) is 16.2 Å². The molecule has 0 amide bonds. The monoisotopic (exact) mass is 392 g/mol. The molecule has 0 bridgehead atoms. The Bertz CT molecular complexity index is 893. The molecule has 0 unspecified atom stereocenters. The molecule has 0 aliphatic carbocycles. The first-order valence-corrected chi connectivity index (χ1v) is 9.10. The van der Waals surface area contributed by atoms with Gasteiger partial charge in [-0.1, -0.05) is 6.07 Å². The van der Waals surface area contributed by atoms with E-state index >= 15 is 0 Å². The number of hydrogen-bond donors (Lipinski definition) is 0. The number of benzene rings is 1. The minimum Gasteiger partial charge on any atom is -0.466 e. The van der Waals surface area contributed by atoms with E-state index in [2.05, 4.69) is 10.00 Å². The van der Waals surface area contributed by atoms with Crippen LogP contribution < -0.4 is 0 Å². The second-order valence-electron chi connectivity index (χ2n) is 6.29. The molecular formula is C17H20N4O5S. The molecule has 2 heterocycles. The standard InChI is InChI=1S/C17H20N4O5S/c1-2-25-16(22)13-6-4-8-19(10-13)11-20-17(27)26-15(18-20)12-5-3-7-14(9-12)21(23)24/h3,5,7,9,13H,2,4,6,8,10-11H2,1H3/t13-/m0/s1. The fourth-order valence-corrected chi connectivity index (χ4v) is 3.27. The van der Waals surface area contributed by atoms with Gasteiger partial charge < -0.3 is 9.15 Å². The first-order valence-electron chi connectivity index (χ1n) is 8.69. The van der Waals surface area contributed by atoms with Gasteiger partial charge in [-0.05, 0) is 44.6 Å². The van der Waals surface area contributed by atoms with Crippen molar-refractivity contribution in [1.29, 1.82) is 0 Å². The molecule has 1 saturated heterocycles. The number of nitrogens with zero attached hydrogens (tertiary/aromatic N) is 4. The summed E-state index contributed by atoms with van der Waals surface area (Å²) in [5, 5.41) is 15.3. The average Bonchev–Trinajstić information content (AvgIpc) is 3.03. The van der Waals surface area contributed by atoms with E-state index in [1.54, 1.807) is 19.1 Å². The number of rotatable bonds is 6. The first-order chi connectivity index (χ1) is 13.0. The Hall–Kier alpha value is -2.59. The summed E-state index contributed by atoms with van der Waals surface area (Å²) in [6.45, 7) is 3.93. The van der Waals surface area contributed by atoms with Gasteiger partial charge in [0, 0.05) is 24.2 Å². The van der Waals surface area contributed by atoms with Gasteiger partial charge in [-0.25, -0.2) is 4.68 Å². The third kappa shape index (κ3) is 4.58. The molecular weight excluding hydrogens is 372 g/mol. The van der Waals surface area contributed by atoms with Crippen molar-refractivity contribution >= 4 is 23.9 Å². The van der Waals surface area contributed by atoms with Crippen LogP contribution in [-0.4, -0.2) is 45.3 Å². The van der Waals surface area contributed by atoms with Gasteiger partial charge in [-0.3, -0.25) is 19.8 Å². The molecule has 9 nitrogen and oxygen atoms in total. The van der Waals surface area contributed by atoms with Crippen LogP contribution >= 0.6 is 12.2 Å². The van der Waals surface area contributed by atoms with E-state index in [1.165, 1.54) is 16.8 Å². The van der Waals surface area contributed by atoms with Gasteiger partial charge in [0.1, 0.15) is 0 Å². The molecule has 27 heavy (non-hydrogen) atoms. The maximum absolute atomic E-state index is 12.0. The maximum Gasteiger partial charge on any atom is 0.310 e. The zero-order valence-electron chi connectivity index (χ0n) is 14.9. The fraction of sp³-hybridized carbons (Fsp3) is 0.471. The second-order valence-corrected chi connectivity index (χ2v) is 6.64. The minimum absolute atomic E-state index is 0.0449. The highest BCUT2D eigenvalue weighted by Gasteiger charge is 2.27. The van der Waals surface area contributed by atoms with E-state index in [-0.39, 0.29) is 28.3 Å². The van der Waals surface area contributed by atoms with Crippen LogP contribution in [0.4, 0.5) is 5.69 Å². The summed E-state index contributed by atoms with van der Waals surface area (Å²) in [5.74, 6) is -0.109. The quantitative estimate of drug-likeness (QED) is 0.320. The molecule has 1 atom stereocenters. The molecule has 0 saturated carbocycles. The Morgan fingerprint density at radius 1 is 1.52 bits per heavy atom. The van der Waals surface area contributed by atoms with Crippen molar-refractivity contribution in [1.82, 2.24) is 14.7 Å². The normalized spacial score (nSPS) is 17.6. The fourth-order valence-electron chi connectivity index (χ4n) is 3.09. The highest BCUT2D eigenvalue weighted by atomic mass is 32.1. The lowest BCUT2D eigenvalue weighted by Gasteiger charge is -2.30. The van der Waals surface area contributed by atoms with Gasteiger partial charge in [0.05, 0.1) is 24.1 Å². The molecule has 1 aromatic carbocycles. The number of non-ortho nitro benzene ring substituents is 1. The van der Waals surface area contributed by atoms with Crippen LogP contribution in [0, 0.1) is 20.9 Å². The number of esters is 1. The molecule has 1 aromatic heterocycles. The third-order valence-corrected chi connectivity index (χ3v) is 4.66. The van der Waals surface area contributed by atoms with Crippen LogP contribution in [0.1, 0.15) is 19.8 Å². The summed E-state index contributed by atoms with van der Waals surface area (Å²) in [4.78, 5) is 24.7. The molecule has 1 aliphatic rings. The predicted octanol–water partition coefficient (Wildman–Crippen LogP) is 3.01. The molecule has 144 valence electrons. The number of nitro groups is 1. The van der Waals surface area contributed by atoms with Gasteiger partial charge in [0.15, 0.2) is 0 Å².